The van der Waals surface area contributed by atoms with Gasteiger partial charge in [-0.15, -0.1) is 12.4 Å². The third-order valence-corrected chi connectivity index (χ3v) is 3.49. The van der Waals surface area contributed by atoms with E-state index in [4.69, 9.17) is 10.5 Å². The van der Waals surface area contributed by atoms with Gasteiger partial charge in [-0.3, -0.25) is 0 Å². The molecule has 2 saturated carbocycles. The van der Waals surface area contributed by atoms with Crippen molar-refractivity contribution in [3.63, 3.8) is 0 Å². The van der Waals surface area contributed by atoms with E-state index in [-0.39, 0.29) is 23.5 Å². The van der Waals surface area contributed by atoms with Crippen molar-refractivity contribution in [1.29, 1.82) is 0 Å². The molecule has 72 valence electrons. The first-order valence-corrected chi connectivity index (χ1v) is 4.52. The molecule has 3 heteroatoms. The van der Waals surface area contributed by atoms with Crippen LogP contribution in [-0.2, 0) is 4.74 Å². The van der Waals surface area contributed by atoms with Crippen LogP contribution in [0.25, 0.3) is 0 Å². The molecule has 0 amide bonds. The lowest BCUT2D eigenvalue weighted by Gasteiger charge is -2.36. The third kappa shape index (κ3) is 1.48. The number of nitrogens with two attached hydrogens (primary N) is 1. The third-order valence-electron chi connectivity index (χ3n) is 3.49. The minimum absolute atomic E-state index is 0. The van der Waals surface area contributed by atoms with Crippen LogP contribution in [-0.4, -0.2) is 18.2 Å². The summed E-state index contributed by atoms with van der Waals surface area (Å²) < 4.78 is 5.55. The quantitative estimate of drug-likeness (QED) is 0.687. The fraction of sp³-hybridized carbons (Fsp3) is 1.00. The van der Waals surface area contributed by atoms with Gasteiger partial charge >= 0.3 is 0 Å². The summed E-state index contributed by atoms with van der Waals surface area (Å²) in [5, 5.41) is 0. The molecule has 2 atom stereocenters. The molecule has 2 aliphatic rings. The topological polar surface area (TPSA) is 35.2 Å². The lowest BCUT2D eigenvalue weighted by atomic mass is 9.81. The molecule has 0 spiro atoms. The molecule has 2 unspecified atom stereocenters. The molecule has 2 bridgehead atoms. The normalized spacial score (nSPS) is 45.5. The Labute approximate surface area is 80.3 Å². The fourth-order valence-electron chi connectivity index (χ4n) is 2.76. The molecule has 2 fully saturated rings. The van der Waals surface area contributed by atoms with Gasteiger partial charge in [0, 0.05) is 12.6 Å². The number of halogens is 1. The molecule has 12 heavy (non-hydrogen) atoms. The van der Waals surface area contributed by atoms with Crippen LogP contribution >= 0.6 is 12.4 Å². The molecular weight excluding hydrogens is 174 g/mol. The van der Waals surface area contributed by atoms with Crippen molar-refractivity contribution in [3.05, 3.63) is 0 Å². The average Bonchev–Trinajstić information content (AvgIpc) is 2.24. The minimum Gasteiger partial charge on any atom is -0.378 e. The van der Waals surface area contributed by atoms with Gasteiger partial charge in [0.05, 0.1) is 5.60 Å². The zero-order chi connectivity index (χ0) is 7.95. The van der Waals surface area contributed by atoms with E-state index in [1.54, 1.807) is 0 Å². The largest absolute Gasteiger partial charge is 0.378 e. The number of methoxy groups -OCH3 is 1. The molecule has 0 aliphatic heterocycles. The van der Waals surface area contributed by atoms with Gasteiger partial charge < -0.3 is 10.5 Å². The number of ether oxygens (including phenoxy) is 1. The minimum atomic E-state index is 0. The molecule has 2 N–H and O–H groups in total. The Bertz CT molecular complexity index is 176. The summed E-state index contributed by atoms with van der Waals surface area (Å²) >= 11 is 0. The van der Waals surface area contributed by atoms with Gasteiger partial charge in [-0.1, -0.05) is 0 Å². The SMILES string of the molecule is COC12CCCC(N)(CC1)C2.Cl. The predicted molar refractivity (Wildman–Crippen MR) is 51.6 cm³/mol. The lowest BCUT2D eigenvalue weighted by molar-refractivity contribution is -0.0289. The average molecular weight is 192 g/mol. The highest BCUT2D eigenvalue weighted by molar-refractivity contribution is 5.85. The van der Waals surface area contributed by atoms with Crippen LogP contribution < -0.4 is 5.73 Å². The van der Waals surface area contributed by atoms with Crippen molar-refractivity contribution in [2.45, 2.75) is 49.7 Å². The van der Waals surface area contributed by atoms with Crippen molar-refractivity contribution in [1.82, 2.24) is 0 Å². The van der Waals surface area contributed by atoms with E-state index in [1.807, 2.05) is 7.11 Å². The Morgan fingerprint density at radius 2 is 1.92 bits per heavy atom. The lowest BCUT2D eigenvalue weighted by Crippen LogP contribution is -2.44. The van der Waals surface area contributed by atoms with Gasteiger partial charge in [-0.25, -0.2) is 0 Å². The molecule has 2 aliphatic carbocycles. The van der Waals surface area contributed by atoms with E-state index >= 15 is 0 Å². The van der Waals surface area contributed by atoms with Crippen LogP contribution in [0.2, 0.25) is 0 Å². The second kappa shape index (κ2) is 3.17. The summed E-state index contributed by atoms with van der Waals surface area (Å²) in [5.41, 5.74) is 6.49. The smallest absolute Gasteiger partial charge is 0.0697 e. The second-order valence-corrected chi connectivity index (χ2v) is 4.28. The number of rotatable bonds is 1. The maximum absolute atomic E-state index is 6.18. The van der Waals surface area contributed by atoms with Crippen molar-refractivity contribution in [3.8, 4) is 0 Å². The Kier molecular flexibility index (Phi) is 2.72. The summed E-state index contributed by atoms with van der Waals surface area (Å²) in [7, 11) is 1.83. The van der Waals surface area contributed by atoms with Gasteiger partial charge in [-0.05, 0) is 38.5 Å². The highest BCUT2D eigenvalue weighted by atomic mass is 35.5. The summed E-state index contributed by atoms with van der Waals surface area (Å²) in [4.78, 5) is 0. The highest BCUT2D eigenvalue weighted by Gasteiger charge is 2.49. The van der Waals surface area contributed by atoms with Crippen LogP contribution in [0, 0.1) is 0 Å². The van der Waals surface area contributed by atoms with Crippen molar-refractivity contribution in [2.24, 2.45) is 5.73 Å². The van der Waals surface area contributed by atoms with E-state index < -0.39 is 0 Å². The van der Waals surface area contributed by atoms with Crippen molar-refractivity contribution < 1.29 is 4.74 Å². The van der Waals surface area contributed by atoms with E-state index in [9.17, 15) is 0 Å². The molecule has 2 rings (SSSR count). The first kappa shape index (κ1) is 10.3. The summed E-state index contributed by atoms with van der Waals surface area (Å²) in [6, 6.07) is 0. The zero-order valence-electron chi connectivity index (χ0n) is 7.64. The number of fused-ring (bicyclic) bond motifs is 2. The molecule has 0 aromatic heterocycles. The highest BCUT2D eigenvalue weighted by Crippen LogP contribution is 2.48. The first-order valence-electron chi connectivity index (χ1n) is 4.52. The maximum Gasteiger partial charge on any atom is 0.0697 e. The molecular formula is C9H18ClNO. The van der Waals surface area contributed by atoms with Crippen LogP contribution in [0.3, 0.4) is 0 Å². The standard InChI is InChI=1S/C9H17NO.ClH/c1-11-9-4-2-3-8(10,7-9)5-6-9;/h2-7,10H2,1H3;1H. The molecule has 0 radical (unpaired) electrons. The monoisotopic (exact) mass is 191 g/mol. The summed E-state index contributed by atoms with van der Waals surface area (Å²) in [5.74, 6) is 0. The first-order chi connectivity index (χ1) is 5.18. The van der Waals surface area contributed by atoms with Gasteiger partial charge in [0.25, 0.3) is 0 Å². The van der Waals surface area contributed by atoms with Gasteiger partial charge in [0.2, 0.25) is 0 Å². The van der Waals surface area contributed by atoms with Crippen LogP contribution in [0.4, 0.5) is 0 Å². The Morgan fingerprint density at radius 3 is 2.50 bits per heavy atom. The van der Waals surface area contributed by atoms with Crippen LogP contribution in [0.15, 0.2) is 0 Å². The summed E-state index contributed by atoms with van der Waals surface area (Å²) in [6.07, 6.45) is 7.13. The zero-order valence-corrected chi connectivity index (χ0v) is 8.45. The van der Waals surface area contributed by atoms with Crippen LogP contribution in [0.5, 0.6) is 0 Å². The van der Waals surface area contributed by atoms with Crippen LogP contribution in [0.1, 0.15) is 38.5 Å². The Hall–Kier alpha value is 0.210. The molecule has 0 aromatic carbocycles. The molecule has 0 heterocycles. The van der Waals surface area contributed by atoms with Gasteiger partial charge in [0.15, 0.2) is 0 Å². The van der Waals surface area contributed by atoms with Crippen molar-refractivity contribution >= 4 is 12.4 Å². The molecule has 2 nitrogen and oxygen atoms in total. The number of hydrogen-bond acceptors (Lipinski definition) is 2. The Balaban J connectivity index is 0.000000720. The second-order valence-electron chi connectivity index (χ2n) is 4.28. The van der Waals surface area contributed by atoms with E-state index in [0.29, 0.717) is 0 Å². The van der Waals surface area contributed by atoms with E-state index in [0.717, 1.165) is 6.42 Å². The predicted octanol–water partition coefficient (Wildman–Crippen LogP) is 1.86. The molecule has 0 aromatic rings. The van der Waals surface area contributed by atoms with Gasteiger partial charge in [0.1, 0.15) is 0 Å². The maximum atomic E-state index is 6.18. The van der Waals surface area contributed by atoms with E-state index in [2.05, 4.69) is 0 Å². The van der Waals surface area contributed by atoms with Gasteiger partial charge in [-0.2, -0.15) is 0 Å². The molecule has 0 saturated heterocycles. The summed E-state index contributed by atoms with van der Waals surface area (Å²) in [6.45, 7) is 0. The number of hydrogen-bond donors (Lipinski definition) is 1. The Morgan fingerprint density at radius 1 is 1.17 bits per heavy atom. The van der Waals surface area contributed by atoms with Crippen molar-refractivity contribution in [2.75, 3.05) is 7.11 Å². The van der Waals surface area contributed by atoms with E-state index in [1.165, 1.54) is 32.1 Å². The fourth-order valence-corrected chi connectivity index (χ4v) is 2.76.